The molecule has 96 valence electrons. The van der Waals surface area contributed by atoms with Gasteiger partial charge in [-0.2, -0.15) is 5.26 Å². The van der Waals surface area contributed by atoms with E-state index in [1.165, 1.54) is 0 Å². The van der Waals surface area contributed by atoms with Crippen LogP contribution < -0.4 is 0 Å². The van der Waals surface area contributed by atoms with E-state index in [4.69, 9.17) is 15.1 Å². The third-order valence-corrected chi connectivity index (χ3v) is 3.34. The first kappa shape index (κ1) is 13.9. The quantitative estimate of drug-likeness (QED) is 0.782. The number of carboxylic acid groups (broad SMARTS) is 1. The molecule has 0 aromatic rings. The molecule has 0 aliphatic carbocycles. The minimum Gasteiger partial charge on any atom is -0.480 e. The number of carboxylic acids is 1. The second kappa shape index (κ2) is 5.99. The average molecular weight is 240 g/mol. The fraction of sp³-hybridized carbons (Fsp3) is 0.833. The van der Waals surface area contributed by atoms with Crippen molar-refractivity contribution in [2.45, 2.75) is 44.8 Å². The van der Waals surface area contributed by atoms with Gasteiger partial charge in [-0.25, -0.2) is 0 Å². The first-order chi connectivity index (χ1) is 8.08. The molecular weight excluding hydrogens is 220 g/mol. The number of carbonyl (C=O) groups is 1. The summed E-state index contributed by atoms with van der Waals surface area (Å²) in [5.74, 6) is -0.784. The van der Waals surface area contributed by atoms with Crippen LogP contribution in [-0.2, 0) is 9.53 Å². The number of hydrogen-bond donors (Lipinski definition) is 1. The number of hydrogen-bond acceptors (Lipinski definition) is 4. The molecule has 1 atom stereocenters. The Hall–Kier alpha value is -1.12. The summed E-state index contributed by atoms with van der Waals surface area (Å²) in [4.78, 5) is 13.0. The zero-order chi connectivity index (χ0) is 12.9. The third kappa shape index (κ3) is 3.18. The summed E-state index contributed by atoms with van der Waals surface area (Å²) in [6.45, 7) is 5.48. The average Bonchev–Trinajstić information content (AvgIpc) is 2.32. The van der Waals surface area contributed by atoms with Gasteiger partial charge in [-0.05, 0) is 13.3 Å². The second-order valence-electron chi connectivity index (χ2n) is 4.34. The Labute approximate surface area is 102 Å². The van der Waals surface area contributed by atoms with Gasteiger partial charge in [-0.15, -0.1) is 0 Å². The number of ether oxygens (including phenoxy) is 1. The molecule has 1 aliphatic heterocycles. The van der Waals surface area contributed by atoms with Crippen LogP contribution in [0.3, 0.4) is 0 Å². The van der Waals surface area contributed by atoms with E-state index in [0.29, 0.717) is 39.0 Å². The lowest BCUT2D eigenvalue weighted by Gasteiger charge is -2.39. The Kier molecular flexibility index (Phi) is 4.91. The van der Waals surface area contributed by atoms with Crippen molar-refractivity contribution in [3.05, 3.63) is 0 Å². The van der Waals surface area contributed by atoms with E-state index in [1.807, 2.05) is 18.7 Å². The van der Waals surface area contributed by atoms with E-state index >= 15 is 0 Å². The van der Waals surface area contributed by atoms with Crippen LogP contribution >= 0.6 is 0 Å². The molecular formula is C12H20N2O3. The number of piperidine rings is 1. The van der Waals surface area contributed by atoms with Gasteiger partial charge in [0.15, 0.2) is 5.60 Å². The van der Waals surface area contributed by atoms with Crippen molar-refractivity contribution in [2.24, 2.45) is 0 Å². The molecule has 1 saturated heterocycles. The van der Waals surface area contributed by atoms with Crippen LogP contribution in [0, 0.1) is 11.3 Å². The first-order valence-corrected chi connectivity index (χ1v) is 6.10. The lowest BCUT2D eigenvalue weighted by molar-refractivity contribution is -0.145. The van der Waals surface area contributed by atoms with Crippen LogP contribution in [0.4, 0.5) is 0 Å². The lowest BCUT2D eigenvalue weighted by Crippen LogP contribution is -2.51. The summed E-state index contributed by atoms with van der Waals surface area (Å²) in [6.07, 6.45) is 1.76. The molecule has 1 aliphatic rings. The molecule has 0 spiro atoms. The number of nitriles is 1. The summed E-state index contributed by atoms with van der Waals surface area (Å²) < 4.78 is 5.51. The number of likely N-dealkylation sites (tertiary alicyclic amines) is 1. The summed E-state index contributed by atoms with van der Waals surface area (Å²) in [7, 11) is 0. The smallest absolute Gasteiger partial charge is 0.320 e. The molecule has 0 amide bonds. The van der Waals surface area contributed by atoms with Crippen LogP contribution in [-0.4, -0.2) is 47.3 Å². The van der Waals surface area contributed by atoms with Crippen molar-refractivity contribution in [3.8, 4) is 6.07 Å². The van der Waals surface area contributed by atoms with Crippen LogP contribution in [0.1, 0.15) is 33.1 Å². The van der Waals surface area contributed by atoms with Crippen LogP contribution in [0.5, 0.6) is 0 Å². The van der Waals surface area contributed by atoms with Crippen molar-refractivity contribution >= 4 is 5.97 Å². The highest BCUT2D eigenvalue weighted by atomic mass is 16.5. The van der Waals surface area contributed by atoms with Gasteiger partial charge in [-0.1, -0.05) is 6.92 Å². The van der Waals surface area contributed by atoms with E-state index in [9.17, 15) is 4.79 Å². The van der Waals surface area contributed by atoms with Gasteiger partial charge in [0.05, 0.1) is 6.07 Å². The van der Waals surface area contributed by atoms with Gasteiger partial charge in [0.2, 0.25) is 0 Å². The Bertz CT molecular complexity index is 303. The van der Waals surface area contributed by atoms with Crippen molar-refractivity contribution < 1.29 is 14.6 Å². The maximum Gasteiger partial charge on any atom is 0.320 e. The number of rotatable bonds is 5. The molecule has 5 heteroatoms. The first-order valence-electron chi connectivity index (χ1n) is 6.10. The minimum atomic E-state index is -0.784. The Morgan fingerprint density at radius 1 is 1.53 bits per heavy atom. The predicted molar refractivity (Wildman–Crippen MR) is 62.5 cm³/mol. The van der Waals surface area contributed by atoms with E-state index in [-0.39, 0.29) is 0 Å². The fourth-order valence-corrected chi connectivity index (χ4v) is 2.35. The Morgan fingerprint density at radius 2 is 2.12 bits per heavy atom. The molecule has 1 rings (SSSR count). The van der Waals surface area contributed by atoms with Crippen molar-refractivity contribution in [1.82, 2.24) is 4.90 Å². The highest BCUT2D eigenvalue weighted by molar-refractivity contribution is 5.73. The van der Waals surface area contributed by atoms with Gasteiger partial charge < -0.3 is 9.84 Å². The monoisotopic (exact) mass is 240 g/mol. The summed E-state index contributed by atoms with van der Waals surface area (Å²) >= 11 is 0. The van der Waals surface area contributed by atoms with Crippen molar-refractivity contribution in [1.29, 1.82) is 5.26 Å². The highest BCUT2D eigenvalue weighted by Gasteiger charge is 2.38. The number of nitrogens with zero attached hydrogens (tertiary/aromatic N) is 2. The van der Waals surface area contributed by atoms with Crippen LogP contribution in [0.15, 0.2) is 0 Å². The molecule has 0 bridgehead atoms. The minimum absolute atomic E-state index is 0.437. The van der Waals surface area contributed by atoms with Crippen LogP contribution in [0.2, 0.25) is 0 Å². The Morgan fingerprint density at radius 3 is 2.47 bits per heavy atom. The van der Waals surface area contributed by atoms with Gasteiger partial charge in [0.1, 0.15) is 6.04 Å². The second-order valence-corrected chi connectivity index (χ2v) is 4.34. The Balaban J connectivity index is 2.61. The number of aliphatic carboxylic acids is 1. The van der Waals surface area contributed by atoms with Gasteiger partial charge >= 0.3 is 5.97 Å². The summed E-state index contributed by atoms with van der Waals surface area (Å²) in [5, 5.41) is 18.2. The topological polar surface area (TPSA) is 73.6 Å². The molecule has 0 saturated carbocycles. The molecule has 1 N–H and O–H groups in total. The zero-order valence-corrected chi connectivity index (χ0v) is 10.5. The molecule has 1 unspecified atom stereocenters. The highest BCUT2D eigenvalue weighted by Crippen LogP contribution is 2.27. The maximum absolute atomic E-state index is 11.0. The van der Waals surface area contributed by atoms with Gasteiger partial charge in [0.25, 0.3) is 0 Å². The standard InChI is InChI=1S/C12H20N2O3/c1-3-10(11(15)16)14-7-5-12(9-13,6-8-14)17-4-2/h10H,3-8H2,1-2H3,(H,15,16). The fourth-order valence-electron chi connectivity index (χ4n) is 2.35. The van der Waals surface area contributed by atoms with Crippen molar-refractivity contribution in [2.75, 3.05) is 19.7 Å². The van der Waals surface area contributed by atoms with E-state index in [1.54, 1.807) is 0 Å². The molecule has 1 heterocycles. The summed E-state index contributed by atoms with van der Waals surface area (Å²) in [6, 6.07) is 1.79. The third-order valence-electron chi connectivity index (χ3n) is 3.34. The molecule has 5 nitrogen and oxygen atoms in total. The summed E-state index contributed by atoms with van der Waals surface area (Å²) in [5.41, 5.74) is -0.706. The van der Waals surface area contributed by atoms with E-state index in [2.05, 4.69) is 6.07 Å². The maximum atomic E-state index is 11.0. The van der Waals surface area contributed by atoms with E-state index < -0.39 is 17.6 Å². The van der Waals surface area contributed by atoms with Crippen LogP contribution in [0.25, 0.3) is 0 Å². The molecule has 17 heavy (non-hydrogen) atoms. The molecule has 0 aromatic heterocycles. The van der Waals surface area contributed by atoms with Crippen molar-refractivity contribution in [3.63, 3.8) is 0 Å². The van der Waals surface area contributed by atoms with Gasteiger partial charge in [0, 0.05) is 32.5 Å². The molecule has 0 aromatic carbocycles. The largest absolute Gasteiger partial charge is 0.480 e. The SMILES string of the molecule is CCOC1(C#N)CCN(C(CC)C(=O)O)CC1. The van der Waals surface area contributed by atoms with E-state index in [0.717, 1.165) is 0 Å². The zero-order valence-electron chi connectivity index (χ0n) is 10.5. The molecule has 0 radical (unpaired) electrons. The van der Waals surface area contributed by atoms with Gasteiger partial charge in [-0.3, -0.25) is 9.69 Å². The molecule has 1 fully saturated rings. The normalized spacial score (nSPS) is 21.7. The predicted octanol–water partition coefficient (Wildman–Crippen LogP) is 1.24. The lowest BCUT2D eigenvalue weighted by atomic mass is 9.91.